The highest BCUT2D eigenvalue weighted by Crippen LogP contribution is 2.25. The largest absolute Gasteiger partial charge is 0.392 e. The number of aliphatic hydroxyl groups is 1. The lowest BCUT2D eigenvalue weighted by Gasteiger charge is -2.10. The van der Waals surface area contributed by atoms with E-state index in [1.165, 1.54) is 5.56 Å². The first-order chi connectivity index (χ1) is 6.25. The number of hydrogen-bond acceptors (Lipinski definition) is 2. The van der Waals surface area contributed by atoms with Gasteiger partial charge in [0.2, 0.25) is 0 Å². The van der Waals surface area contributed by atoms with Gasteiger partial charge in [-0.1, -0.05) is 28.1 Å². The Labute approximate surface area is 86.1 Å². The Morgan fingerprint density at radius 3 is 2.92 bits per heavy atom. The molecule has 0 radical (unpaired) electrons. The topological polar surface area (TPSA) is 32.3 Å². The van der Waals surface area contributed by atoms with Gasteiger partial charge >= 0.3 is 0 Å². The third kappa shape index (κ3) is 2.10. The van der Waals surface area contributed by atoms with Crippen LogP contribution in [0.15, 0.2) is 28.7 Å². The second kappa shape index (κ2) is 3.78. The van der Waals surface area contributed by atoms with Crippen molar-refractivity contribution in [3.05, 3.63) is 34.3 Å². The minimum Gasteiger partial charge on any atom is -0.392 e. The maximum Gasteiger partial charge on any atom is 0.0682 e. The molecule has 1 saturated heterocycles. The number of hydrogen-bond donors (Lipinski definition) is 2. The molecule has 3 heteroatoms. The van der Waals surface area contributed by atoms with E-state index >= 15 is 0 Å². The quantitative estimate of drug-likeness (QED) is 0.787. The van der Waals surface area contributed by atoms with Crippen molar-refractivity contribution in [1.82, 2.24) is 5.32 Å². The molecule has 0 unspecified atom stereocenters. The second-order valence-corrected chi connectivity index (χ2v) is 4.32. The molecule has 2 atom stereocenters. The van der Waals surface area contributed by atoms with Crippen molar-refractivity contribution in [3.8, 4) is 0 Å². The van der Waals surface area contributed by atoms with Crippen LogP contribution in [-0.4, -0.2) is 17.8 Å². The van der Waals surface area contributed by atoms with Crippen LogP contribution in [0.3, 0.4) is 0 Å². The Morgan fingerprint density at radius 1 is 1.46 bits per heavy atom. The van der Waals surface area contributed by atoms with Crippen LogP contribution in [-0.2, 0) is 0 Å². The molecule has 1 aliphatic rings. The maximum absolute atomic E-state index is 9.36. The molecule has 0 amide bonds. The fourth-order valence-electron chi connectivity index (χ4n) is 1.69. The number of nitrogens with one attached hydrogen (secondary N) is 1. The van der Waals surface area contributed by atoms with Crippen LogP contribution in [0.4, 0.5) is 0 Å². The van der Waals surface area contributed by atoms with Crippen LogP contribution in [0.1, 0.15) is 18.0 Å². The molecule has 1 aromatic rings. The molecular formula is C10H12BrNO. The minimum absolute atomic E-state index is 0.191. The van der Waals surface area contributed by atoms with Gasteiger partial charge in [-0.05, 0) is 24.1 Å². The molecule has 0 spiro atoms. The van der Waals surface area contributed by atoms with Gasteiger partial charge in [0.05, 0.1) is 6.10 Å². The van der Waals surface area contributed by atoms with Crippen molar-refractivity contribution < 1.29 is 5.11 Å². The van der Waals surface area contributed by atoms with E-state index in [9.17, 15) is 5.11 Å². The Hall–Kier alpha value is -0.380. The summed E-state index contributed by atoms with van der Waals surface area (Å²) in [4.78, 5) is 0. The Bertz CT molecular complexity index is 303. The van der Waals surface area contributed by atoms with E-state index in [1.54, 1.807) is 0 Å². The van der Waals surface area contributed by atoms with Crippen LogP contribution in [0.2, 0.25) is 0 Å². The molecule has 0 bridgehead atoms. The van der Waals surface area contributed by atoms with Gasteiger partial charge in [-0.15, -0.1) is 0 Å². The summed E-state index contributed by atoms with van der Waals surface area (Å²) in [5, 5.41) is 12.6. The molecular weight excluding hydrogens is 230 g/mol. The Kier molecular flexibility index (Phi) is 2.67. The predicted octanol–water partition coefficient (Wildman–Crippen LogP) is 1.84. The van der Waals surface area contributed by atoms with Gasteiger partial charge in [0.1, 0.15) is 0 Å². The first-order valence-electron chi connectivity index (χ1n) is 4.42. The molecule has 13 heavy (non-hydrogen) atoms. The van der Waals surface area contributed by atoms with E-state index < -0.39 is 0 Å². The zero-order chi connectivity index (χ0) is 9.26. The van der Waals surface area contributed by atoms with Crippen LogP contribution in [0.25, 0.3) is 0 Å². The fourth-order valence-corrected chi connectivity index (χ4v) is 2.11. The normalized spacial score (nSPS) is 27.8. The molecule has 1 aliphatic heterocycles. The van der Waals surface area contributed by atoms with Crippen LogP contribution < -0.4 is 5.32 Å². The van der Waals surface area contributed by atoms with E-state index in [4.69, 9.17) is 0 Å². The molecule has 1 fully saturated rings. The van der Waals surface area contributed by atoms with Gasteiger partial charge in [0.25, 0.3) is 0 Å². The summed E-state index contributed by atoms with van der Waals surface area (Å²) in [6, 6.07) is 8.52. The van der Waals surface area contributed by atoms with E-state index in [1.807, 2.05) is 12.1 Å². The number of benzene rings is 1. The van der Waals surface area contributed by atoms with Crippen molar-refractivity contribution in [2.75, 3.05) is 6.54 Å². The molecule has 2 rings (SSSR count). The van der Waals surface area contributed by atoms with E-state index in [0.29, 0.717) is 12.6 Å². The summed E-state index contributed by atoms with van der Waals surface area (Å²) in [5.74, 6) is 0. The average Bonchev–Trinajstić information content (AvgIpc) is 2.52. The average molecular weight is 242 g/mol. The molecule has 1 aromatic carbocycles. The van der Waals surface area contributed by atoms with Gasteiger partial charge in [-0.25, -0.2) is 0 Å². The van der Waals surface area contributed by atoms with Gasteiger partial charge in [-0.3, -0.25) is 0 Å². The summed E-state index contributed by atoms with van der Waals surface area (Å²) in [6.45, 7) is 0.706. The fraction of sp³-hybridized carbons (Fsp3) is 0.400. The third-order valence-electron chi connectivity index (χ3n) is 2.36. The number of halogens is 1. The highest BCUT2D eigenvalue weighted by atomic mass is 79.9. The van der Waals surface area contributed by atoms with Crippen molar-refractivity contribution in [1.29, 1.82) is 0 Å². The molecule has 0 aromatic heterocycles. The Morgan fingerprint density at radius 2 is 2.31 bits per heavy atom. The van der Waals surface area contributed by atoms with E-state index in [2.05, 4.69) is 33.4 Å². The van der Waals surface area contributed by atoms with E-state index in [-0.39, 0.29) is 6.10 Å². The Balaban J connectivity index is 2.16. The monoisotopic (exact) mass is 241 g/mol. The minimum atomic E-state index is -0.191. The molecule has 0 aliphatic carbocycles. The SMILES string of the molecule is O[C@@H]1CN[C@@H](c2cccc(Br)c2)C1. The van der Waals surface area contributed by atoms with Crippen LogP contribution in [0.5, 0.6) is 0 Å². The second-order valence-electron chi connectivity index (χ2n) is 3.41. The molecule has 2 nitrogen and oxygen atoms in total. The van der Waals surface area contributed by atoms with Crippen LogP contribution >= 0.6 is 15.9 Å². The molecule has 2 N–H and O–H groups in total. The summed E-state index contributed by atoms with van der Waals surface area (Å²) < 4.78 is 1.09. The van der Waals surface area contributed by atoms with E-state index in [0.717, 1.165) is 10.9 Å². The summed E-state index contributed by atoms with van der Waals surface area (Å²) >= 11 is 3.43. The van der Waals surface area contributed by atoms with Crippen molar-refractivity contribution in [2.45, 2.75) is 18.6 Å². The lowest BCUT2D eigenvalue weighted by molar-refractivity contribution is 0.193. The molecule has 1 heterocycles. The van der Waals surface area contributed by atoms with Gasteiger partial charge in [0.15, 0.2) is 0 Å². The zero-order valence-electron chi connectivity index (χ0n) is 7.20. The first kappa shape index (κ1) is 9.19. The predicted molar refractivity (Wildman–Crippen MR) is 55.5 cm³/mol. The van der Waals surface area contributed by atoms with Gasteiger partial charge in [-0.2, -0.15) is 0 Å². The van der Waals surface area contributed by atoms with Crippen molar-refractivity contribution in [3.63, 3.8) is 0 Å². The van der Waals surface area contributed by atoms with Crippen molar-refractivity contribution >= 4 is 15.9 Å². The molecule has 0 saturated carbocycles. The highest BCUT2D eigenvalue weighted by molar-refractivity contribution is 9.10. The number of β-amino-alcohol motifs (C(OH)–C–C–N with tert-alkyl or cyclic N) is 1. The third-order valence-corrected chi connectivity index (χ3v) is 2.85. The first-order valence-corrected chi connectivity index (χ1v) is 5.22. The van der Waals surface area contributed by atoms with Crippen molar-refractivity contribution in [2.24, 2.45) is 0 Å². The number of aliphatic hydroxyl groups excluding tert-OH is 1. The zero-order valence-corrected chi connectivity index (χ0v) is 8.79. The van der Waals surface area contributed by atoms with Gasteiger partial charge in [0, 0.05) is 17.1 Å². The lowest BCUT2D eigenvalue weighted by Crippen LogP contribution is -2.14. The highest BCUT2D eigenvalue weighted by Gasteiger charge is 2.22. The maximum atomic E-state index is 9.36. The number of rotatable bonds is 1. The van der Waals surface area contributed by atoms with Crippen LogP contribution in [0, 0.1) is 0 Å². The summed E-state index contributed by atoms with van der Waals surface area (Å²) in [6.07, 6.45) is 0.625. The smallest absolute Gasteiger partial charge is 0.0682 e. The standard InChI is InChI=1S/C10H12BrNO/c11-8-3-1-2-7(4-8)10-5-9(13)6-12-10/h1-4,9-10,12-13H,5-6H2/t9-,10+/m0/s1. The van der Waals surface area contributed by atoms with Gasteiger partial charge < -0.3 is 10.4 Å². The molecule has 70 valence electrons. The lowest BCUT2D eigenvalue weighted by atomic mass is 10.1. The summed E-state index contributed by atoms with van der Waals surface area (Å²) in [5.41, 5.74) is 1.24. The summed E-state index contributed by atoms with van der Waals surface area (Å²) in [7, 11) is 0.